The second kappa shape index (κ2) is 5.39. The minimum Gasteiger partial charge on any atom is -0.381 e. The highest BCUT2D eigenvalue weighted by Crippen LogP contribution is 2.13. The molecule has 82 valence electrons. The number of hydrogen-bond acceptors (Lipinski definition) is 4. The molecule has 1 saturated heterocycles. The highest BCUT2D eigenvalue weighted by molar-refractivity contribution is 7.12. The lowest BCUT2D eigenvalue weighted by molar-refractivity contribution is -0.0261. The fourth-order valence-corrected chi connectivity index (χ4v) is 2.20. The molecule has 0 spiro atoms. The molecule has 1 aromatic rings. The molecular formula is C11H14O3S. The van der Waals surface area contributed by atoms with E-state index in [4.69, 9.17) is 9.47 Å². The summed E-state index contributed by atoms with van der Waals surface area (Å²) in [4.78, 5) is 12.4. The van der Waals surface area contributed by atoms with Gasteiger partial charge in [0.15, 0.2) is 5.78 Å². The predicted molar refractivity (Wildman–Crippen MR) is 58.4 cm³/mol. The largest absolute Gasteiger partial charge is 0.381 e. The normalized spacial score (nSPS) is 17.9. The monoisotopic (exact) mass is 226 g/mol. The summed E-state index contributed by atoms with van der Waals surface area (Å²) in [5.74, 6) is 0.0801. The van der Waals surface area contributed by atoms with E-state index < -0.39 is 0 Å². The van der Waals surface area contributed by atoms with Crippen molar-refractivity contribution in [3.8, 4) is 0 Å². The van der Waals surface area contributed by atoms with Gasteiger partial charge in [0.05, 0.1) is 11.0 Å². The smallest absolute Gasteiger partial charge is 0.198 e. The summed E-state index contributed by atoms with van der Waals surface area (Å²) in [6, 6.07) is 3.71. The molecule has 0 N–H and O–H groups in total. The first-order valence-electron chi connectivity index (χ1n) is 5.12. The molecule has 4 heteroatoms. The molecule has 0 saturated carbocycles. The van der Waals surface area contributed by atoms with Gasteiger partial charge in [-0.2, -0.15) is 0 Å². The summed E-state index contributed by atoms with van der Waals surface area (Å²) < 4.78 is 10.8. The highest BCUT2D eigenvalue weighted by atomic mass is 32.1. The summed E-state index contributed by atoms with van der Waals surface area (Å²) in [7, 11) is 0. The Kier molecular flexibility index (Phi) is 3.88. The lowest BCUT2D eigenvalue weighted by atomic mass is 10.1. The second-order valence-electron chi connectivity index (χ2n) is 3.52. The van der Waals surface area contributed by atoms with E-state index in [1.165, 1.54) is 11.3 Å². The average Bonchev–Trinajstić information content (AvgIpc) is 2.81. The van der Waals surface area contributed by atoms with Crippen LogP contribution in [0.4, 0.5) is 0 Å². The van der Waals surface area contributed by atoms with Crippen molar-refractivity contribution in [3.05, 3.63) is 22.4 Å². The van der Waals surface area contributed by atoms with Crippen LogP contribution in [0.2, 0.25) is 0 Å². The number of ketones is 1. The Labute approximate surface area is 93.0 Å². The zero-order chi connectivity index (χ0) is 10.5. The molecule has 2 heterocycles. The van der Waals surface area contributed by atoms with E-state index >= 15 is 0 Å². The van der Waals surface area contributed by atoms with Crippen molar-refractivity contribution in [1.82, 2.24) is 0 Å². The number of carbonyl (C=O) groups is 1. The Hall–Kier alpha value is -0.710. The summed E-state index contributed by atoms with van der Waals surface area (Å²) in [5, 5.41) is 1.90. The molecule has 15 heavy (non-hydrogen) atoms. The number of rotatable bonds is 4. The van der Waals surface area contributed by atoms with Gasteiger partial charge in [0.25, 0.3) is 0 Å². The van der Waals surface area contributed by atoms with Crippen LogP contribution < -0.4 is 0 Å². The van der Waals surface area contributed by atoms with Crippen LogP contribution in [0.1, 0.15) is 22.5 Å². The van der Waals surface area contributed by atoms with Crippen LogP contribution in [-0.4, -0.2) is 31.7 Å². The quantitative estimate of drug-likeness (QED) is 0.738. The third kappa shape index (κ3) is 3.12. The number of ether oxygens (including phenoxy) is 2. The SMILES string of the molecule is O=C(COC1CCOCC1)c1cccs1. The zero-order valence-corrected chi connectivity index (χ0v) is 9.29. The Bertz CT molecular complexity index is 302. The number of carbonyl (C=O) groups excluding carboxylic acids is 1. The van der Waals surface area contributed by atoms with Gasteiger partial charge in [-0.3, -0.25) is 4.79 Å². The van der Waals surface area contributed by atoms with Crippen LogP contribution in [0.15, 0.2) is 17.5 Å². The van der Waals surface area contributed by atoms with Crippen LogP contribution in [0.25, 0.3) is 0 Å². The van der Waals surface area contributed by atoms with Gasteiger partial charge >= 0.3 is 0 Å². The standard InChI is InChI=1S/C11H14O3S/c12-10(11-2-1-7-15-11)8-14-9-3-5-13-6-4-9/h1-2,7,9H,3-6,8H2. The van der Waals surface area contributed by atoms with E-state index in [0.29, 0.717) is 0 Å². The molecular weight excluding hydrogens is 212 g/mol. The van der Waals surface area contributed by atoms with Crippen LogP contribution in [0.5, 0.6) is 0 Å². The molecule has 0 bridgehead atoms. The van der Waals surface area contributed by atoms with Gasteiger partial charge in [0.1, 0.15) is 6.61 Å². The van der Waals surface area contributed by atoms with Crippen molar-refractivity contribution >= 4 is 17.1 Å². The van der Waals surface area contributed by atoms with E-state index in [0.717, 1.165) is 30.9 Å². The third-order valence-corrected chi connectivity index (χ3v) is 3.33. The number of hydrogen-bond donors (Lipinski definition) is 0. The van der Waals surface area contributed by atoms with Crippen molar-refractivity contribution < 1.29 is 14.3 Å². The molecule has 0 aliphatic carbocycles. The van der Waals surface area contributed by atoms with E-state index in [1.54, 1.807) is 0 Å². The van der Waals surface area contributed by atoms with Crippen molar-refractivity contribution in [2.24, 2.45) is 0 Å². The molecule has 0 atom stereocenters. The molecule has 0 amide bonds. The van der Waals surface area contributed by atoms with Gasteiger partial charge in [0, 0.05) is 13.2 Å². The van der Waals surface area contributed by atoms with Gasteiger partial charge in [-0.1, -0.05) is 6.07 Å². The predicted octanol–water partition coefficient (Wildman–Crippen LogP) is 2.13. The van der Waals surface area contributed by atoms with Gasteiger partial charge in [-0.25, -0.2) is 0 Å². The summed E-state index contributed by atoms with van der Waals surface area (Å²) in [6.45, 7) is 1.70. The van der Waals surface area contributed by atoms with Gasteiger partial charge in [-0.15, -0.1) is 11.3 Å². The molecule has 1 aromatic heterocycles. The molecule has 1 fully saturated rings. The highest BCUT2D eigenvalue weighted by Gasteiger charge is 2.16. The molecule has 0 aromatic carbocycles. The van der Waals surface area contributed by atoms with Crippen molar-refractivity contribution in [3.63, 3.8) is 0 Å². The van der Waals surface area contributed by atoms with E-state index in [9.17, 15) is 4.79 Å². The Balaban J connectivity index is 1.75. The van der Waals surface area contributed by atoms with Crippen molar-refractivity contribution in [2.45, 2.75) is 18.9 Å². The third-order valence-electron chi connectivity index (χ3n) is 2.41. The Morgan fingerprint density at radius 1 is 1.53 bits per heavy atom. The first-order chi connectivity index (χ1) is 7.36. The first kappa shape index (κ1) is 10.8. The lowest BCUT2D eigenvalue weighted by Crippen LogP contribution is -2.25. The first-order valence-corrected chi connectivity index (χ1v) is 6.00. The second-order valence-corrected chi connectivity index (χ2v) is 4.47. The molecule has 1 aliphatic heterocycles. The van der Waals surface area contributed by atoms with Crippen LogP contribution >= 0.6 is 11.3 Å². The molecule has 0 radical (unpaired) electrons. The maximum absolute atomic E-state index is 11.6. The fraction of sp³-hybridized carbons (Fsp3) is 0.545. The topological polar surface area (TPSA) is 35.5 Å². The summed E-state index contributed by atoms with van der Waals surface area (Å²) in [6.07, 6.45) is 2.00. The van der Waals surface area contributed by atoms with E-state index in [-0.39, 0.29) is 18.5 Å². The van der Waals surface area contributed by atoms with Gasteiger partial charge < -0.3 is 9.47 Å². The van der Waals surface area contributed by atoms with Crippen molar-refractivity contribution in [1.29, 1.82) is 0 Å². The molecule has 1 aliphatic rings. The van der Waals surface area contributed by atoms with Gasteiger partial charge in [-0.05, 0) is 24.3 Å². The Morgan fingerprint density at radius 2 is 2.33 bits per heavy atom. The van der Waals surface area contributed by atoms with Crippen LogP contribution in [0, 0.1) is 0 Å². The van der Waals surface area contributed by atoms with E-state index in [2.05, 4.69) is 0 Å². The zero-order valence-electron chi connectivity index (χ0n) is 8.48. The van der Waals surface area contributed by atoms with Crippen molar-refractivity contribution in [2.75, 3.05) is 19.8 Å². The maximum atomic E-state index is 11.6. The lowest BCUT2D eigenvalue weighted by Gasteiger charge is -2.21. The fourth-order valence-electron chi connectivity index (χ4n) is 1.54. The van der Waals surface area contributed by atoms with Crippen LogP contribution in [-0.2, 0) is 9.47 Å². The number of Topliss-reactive ketones (excluding diaryl/α,β-unsaturated/α-hetero) is 1. The minimum absolute atomic E-state index is 0.0801. The van der Waals surface area contributed by atoms with E-state index in [1.807, 2.05) is 17.5 Å². The number of thiophene rings is 1. The summed E-state index contributed by atoms with van der Waals surface area (Å²) >= 11 is 1.46. The summed E-state index contributed by atoms with van der Waals surface area (Å²) in [5.41, 5.74) is 0. The Morgan fingerprint density at radius 3 is 3.00 bits per heavy atom. The maximum Gasteiger partial charge on any atom is 0.198 e. The molecule has 3 nitrogen and oxygen atoms in total. The minimum atomic E-state index is 0.0801. The van der Waals surface area contributed by atoms with Gasteiger partial charge in [0.2, 0.25) is 0 Å². The molecule has 0 unspecified atom stereocenters. The average molecular weight is 226 g/mol. The molecule has 2 rings (SSSR count). The van der Waals surface area contributed by atoms with Crippen LogP contribution in [0.3, 0.4) is 0 Å².